The van der Waals surface area contributed by atoms with Crippen LogP contribution in [-0.4, -0.2) is 32.3 Å². The summed E-state index contributed by atoms with van der Waals surface area (Å²) in [5.74, 6) is 0. The number of hydrogen-bond donors (Lipinski definition) is 2. The summed E-state index contributed by atoms with van der Waals surface area (Å²) >= 11 is 1.30. The second kappa shape index (κ2) is 5.49. The maximum atomic E-state index is 12.4. The van der Waals surface area contributed by atoms with E-state index in [2.05, 4.69) is 4.72 Å². The summed E-state index contributed by atoms with van der Waals surface area (Å²) in [5, 5.41) is 9.09. The van der Waals surface area contributed by atoms with Crippen molar-refractivity contribution in [2.45, 2.75) is 43.7 Å². The van der Waals surface area contributed by atoms with Crippen LogP contribution in [0, 0.1) is 6.92 Å². The molecule has 7 heteroatoms. The van der Waals surface area contributed by atoms with Gasteiger partial charge in [0.05, 0.1) is 23.6 Å². The molecule has 1 aliphatic heterocycles. The molecule has 1 unspecified atom stereocenters. The largest absolute Gasteiger partial charge is 0.391 e. The molecule has 1 aliphatic rings. The van der Waals surface area contributed by atoms with Crippen LogP contribution in [-0.2, 0) is 21.4 Å². The molecule has 2 heterocycles. The molecule has 1 atom stereocenters. The van der Waals surface area contributed by atoms with E-state index in [1.54, 1.807) is 6.92 Å². The van der Waals surface area contributed by atoms with Gasteiger partial charge in [0.15, 0.2) is 0 Å². The molecule has 0 saturated carbocycles. The van der Waals surface area contributed by atoms with E-state index in [4.69, 9.17) is 9.84 Å². The summed E-state index contributed by atoms with van der Waals surface area (Å²) in [6, 6.07) is 1.54. The first-order valence-corrected chi connectivity index (χ1v) is 8.48. The fourth-order valence-electron chi connectivity index (χ4n) is 2.26. The zero-order valence-corrected chi connectivity index (χ0v) is 12.7. The van der Waals surface area contributed by atoms with Gasteiger partial charge in [-0.1, -0.05) is 0 Å². The minimum atomic E-state index is -3.57. The van der Waals surface area contributed by atoms with Crippen LogP contribution in [0.5, 0.6) is 0 Å². The van der Waals surface area contributed by atoms with Crippen LogP contribution in [0.1, 0.15) is 29.5 Å². The Bertz CT molecular complexity index is 544. The molecule has 0 amide bonds. The van der Waals surface area contributed by atoms with Crippen molar-refractivity contribution < 1.29 is 18.3 Å². The Balaban J connectivity index is 2.24. The Morgan fingerprint density at radius 2 is 2.32 bits per heavy atom. The molecule has 108 valence electrons. The average molecular weight is 305 g/mol. The molecule has 19 heavy (non-hydrogen) atoms. The first kappa shape index (κ1) is 14.9. The quantitative estimate of drug-likeness (QED) is 0.881. The molecule has 2 rings (SSSR count). The number of sulfonamides is 1. The summed E-state index contributed by atoms with van der Waals surface area (Å²) in [6.45, 7) is 4.55. The number of aliphatic hydroxyl groups is 1. The first-order chi connectivity index (χ1) is 8.86. The van der Waals surface area contributed by atoms with Crippen molar-refractivity contribution in [3.05, 3.63) is 15.8 Å². The van der Waals surface area contributed by atoms with E-state index in [1.807, 2.05) is 6.92 Å². The van der Waals surface area contributed by atoms with Gasteiger partial charge in [-0.05, 0) is 32.8 Å². The van der Waals surface area contributed by atoms with Crippen LogP contribution in [0.2, 0.25) is 0 Å². The van der Waals surface area contributed by atoms with Crippen molar-refractivity contribution >= 4 is 21.4 Å². The third-order valence-corrected chi connectivity index (χ3v) is 6.12. The van der Waals surface area contributed by atoms with Crippen molar-refractivity contribution in [2.24, 2.45) is 0 Å². The molecule has 0 spiro atoms. The zero-order chi connectivity index (χ0) is 14.1. The van der Waals surface area contributed by atoms with E-state index in [9.17, 15) is 8.42 Å². The second-order valence-electron chi connectivity index (χ2n) is 5.11. The fourth-order valence-corrected chi connectivity index (χ4v) is 5.18. The third-order valence-electron chi connectivity index (χ3n) is 3.19. The minimum Gasteiger partial charge on any atom is -0.391 e. The number of hydrogen-bond acceptors (Lipinski definition) is 5. The van der Waals surface area contributed by atoms with Gasteiger partial charge in [-0.15, -0.1) is 11.3 Å². The van der Waals surface area contributed by atoms with Crippen molar-refractivity contribution in [1.82, 2.24) is 4.72 Å². The summed E-state index contributed by atoms with van der Waals surface area (Å²) in [5.41, 5.74) is -0.551. The maximum Gasteiger partial charge on any atom is 0.242 e. The van der Waals surface area contributed by atoms with E-state index < -0.39 is 15.6 Å². The maximum absolute atomic E-state index is 12.4. The predicted molar refractivity (Wildman–Crippen MR) is 73.8 cm³/mol. The Morgan fingerprint density at radius 3 is 2.84 bits per heavy atom. The highest BCUT2D eigenvalue weighted by Gasteiger charge is 2.34. The lowest BCUT2D eigenvalue weighted by Gasteiger charge is -2.33. The van der Waals surface area contributed by atoms with E-state index >= 15 is 0 Å². The van der Waals surface area contributed by atoms with Gasteiger partial charge in [-0.3, -0.25) is 0 Å². The van der Waals surface area contributed by atoms with Crippen molar-refractivity contribution in [1.29, 1.82) is 0 Å². The highest BCUT2D eigenvalue weighted by molar-refractivity contribution is 7.89. The summed E-state index contributed by atoms with van der Waals surface area (Å²) < 4.78 is 32.9. The number of nitrogens with one attached hydrogen (secondary N) is 1. The van der Waals surface area contributed by atoms with Crippen LogP contribution in [0.15, 0.2) is 11.0 Å². The Kier molecular flexibility index (Phi) is 4.32. The lowest BCUT2D eigenvalue weighted by atomic mass is 9.97. The highest BCUT2D eigenvalue weighted by Crippen LogP contribution is 2.28. The van der Waals surface area contributed by atoms with Crippen molar-refractivity contribution in [2.75, 3.05) is 13.2 Å². The second-order valence-corrected chi connectivity index (χ2v) is 8.11. The molecule has 5 nitrogen and oxygen atoms in total. The first-order valence-electron chi connectivity index (χ1n) is 6.18. The number of thiophene rings is 1. The normalized spacial score (nSPS) is 24.6. The average Bonchev–Trinajstić information content (AvgIpc) is 2.71. The van der Waals surface area contributed by atoms with Crippen LogP contribution in [0.25, 0.3) is 0 Å². The molecule has 0 bridgehead atoms. The summed E-state index contributed by atoms with van der Waals surface area (Å²) in [7, 11) is -3.57. The van der Waals surface area contributed by atoms with Crippen LogP contribution in [0.4, 0.5) is 0 Å². The van der Waals surface area contributed by atoms with Crippen molar-refractivity contribution in [3.8, 4) is 0 Å². The summed E-state index contributed by atoms with van der Waals surface area (Å²) in [6.07, 6.45) is 1.62. The van der Waals surface area contributed by atoms with Crippen LogP contribution < -0.4 is 4.72 Å². The Hall–Kier alpha value is -0.470. The third kappa shape index (κ3) is 3.35. The standard InChI is InChI=1S/C12H19NO4S2/c1-9-11(6-10(7-14)18-9)19(15,16)13-12(2)4-3-5-17-8-12/h6,13-14H,3-5,7-8H2,1-2H3. The molecule has 2 N–H and O–H groups in total. The topological polar surface area (TPSA) is 75.6 Å². The number of rotatable bonds is 4. The van der Waals surface area contributed by atoms with Gasteiger partial charge >= 0.3 is 0 Å². The van der Waals surface area contributed by atoms with Gasteiger partial charge in [-0.25, -0.2) is 13.1 Å². The van der Waals surface area contributed by atoms with Crippen molar-refractivity contribution in [3.63, 3.8) is 0 Å². The lowest BCUT2D eigenvalue weighted by Crippen LogP contribution is -2.51. The zero-order valence-electron chi connectivity index (χ0n) is 11.1. The van der Waals surface area contributed by atoms with Gasteiger partial charge in [0.25, 0.3) is 0 Å². The van der Waals surface area contributed by atoms with Gasteiger partial charge < -0.3 is 9.84 Å². The molecule has 1 fully saturated rings. The van der Waals surface area contributed by atoms with E-state index in [0.29, 0.717) is 23.0 Å². The van der Waals surface area contributed by atoms with E-state index in [1.165, 1.54) is 17.4 Å². The Labute approximate surface area is 117 Å². The molecule has 0 aromatic carbocycles. The molecule has 1 aromatic heterocycles. The molecule has 0 aliphatic carbocycles. The smallest absolute Gasteiger partial charge is 0.242 e. The van der Waals surface area contributed by atoms with Gasteiger partial charge in [0.1, 0.15) is 0 Å². The fraction of sp³-hybridized carbons (Fsp3) is 0.667. The predicted octanol–water partition coefficient (Wildman–Crippen LogP) is 1.40. The molecule has 1 saturated heterocycles. The lowest BCUT2D eigenvalue weighted by molar-refractivity contribution is 0.0386. The number of aliphatic hydroxyl groups excluding tert-OH is 1. The number of aryl methyl sites for hydroxylation is 1. The highest BCUT2D eigenvalue weighted by atomic mass is 32.2. The summed E-state index contributed by atoms with van der Waals surface area (Å²) in [4.78, 5) is 1.60. The van der Waals surface area contributed by atoms with Crippen LogP contribution in [0.3, 0.4) is 0 Å². The van der Waals surface area contributed by atoms with E-state index in [-0.39, 0.29) is 11.5 Å². The molecule has 1 aromatic rings. The van der Waals surface area contributed by atoms with Gasteiger partial charge in [-0.2, -0.15) is 0 Å². The molecule has 0 radical (unpaired) electrons. The Morgan fingerprint density at radius 1 is 1.58 bits per heavy atom. The van der Waals surface area contributed by atoms with Gasteiger partial charge in [0.2, 0.25) is 10.0 Å². The van der Waals surface area contributed by atoms with Gasteiger partial charge in [0, 0.05) is 16.4 Å². The van der Waals surface area contributed by atoms with Crippen LogP contribution >= 0.6 is 11.3 Å². The monoisotopic (exact) mass is 305 g/mol. The SMILES string of the molecule is Cc1sc(CO)cc1S(=O)(=O)NC1(C)CCCOC1. The number of ether oxygens (including phenoxy) is 1. The minimum absolute atomic E-state index is 0.137. The molecular weight excluding hydrogens is 286 g/mol. The molecular formula is C12H19NO4S2. The van der Waals surface area contributed by atoms with E-state index in [0.717, 1.165) is 12.8 Å².